The molecule has 3 nitrogen and oxygen atoms in total. The highest BCUT2D eigenvalue weighted by molar-refractivity contribution is 5.93. The van der Waals surface area contributed by atoms with Crippen LogP contribution in [0.4, 0.5) is 5.69 Å². The van der Waals surface area contributed by atoms with Gasteiger partial charge >= 0.3 is 0 Å². The highest BCUT2D eigenvalue weighted by Gasteiger charge is 2.26. The van der Waals surface area contributed by atoms with Gasteiger partial charge in [0.25, 0.3) is 0 Å². The second kappa shape index (κ2) is 6.20. The molecule has 0 aliphatic heterocycles. The quantitative estimate of drug-likeness (QED) is 0.905. The Morgan fingerprint density at radius 2 is 1.89 bits per heavy atom. The highest BCUT2D eigenvalue weighted by Crippen LogP contribution is 2.27. The number of carbonyl (C=O) groups excluding carboxylic acids is 1. The van der Waals surface area contributed by atoms with E-state index in [1.807, 2.05) is 19.1 Å². The van der Waals surface area contributed by atoms with Crippen molar-refractivity contribution in [1.82, 2.24) is 0 Å². The van der Waals surface area contributed by atoms with Gasteiger partial charge in [-0.25, -0.2) is 0 Å². The first-order valence-corrected chi connectivity index (χ1v) is 7.01. The Hall–Kier alpha value is -1.35. The molecule has 2 rings (SSSR count). The molecule has 0 spiro atoms. The molecular weight excluding hydrogens is 238 g/mol. The van der Waals surface area contributed by atoms with Gasteiger partial charge in [0.2, 0.25) is 5.91 Å². The number of amides is 1. The molecule has 1 aromatic carbocycles. The van der Waals surface area contributed by atoms with Crippen LogP contribution < -0.4 is 5.32 Å². The van der Waals surface area contributed by atoms with Crippen LogP contribution in [-0.2, 0) is 9.53 Å². The molecular formula is C16H23NO2. The van der Waals surface area contributed by atoms with Crippen LogP contribution >= 0.6 is 0 Å². The summed E-state index contributed by atoms with van der Waals surface area (Å²) in [5.41, 5.74) is 3.31. The maximum absolute atomic E-state index is 12.3. The maximum atomic E-state index is 12.3. The van der Waals surface area contributed by atoms with Gasteiger partial charge in [0.15, 0.2) is 0 Å². The zero-order chi connectivity index (χ0) is 13.8. The Morgan fingerprint density at radius 1 is 1.21 bits per heavy atom. The van der Waals surface area contributed by atoms with Crippen LogP contribution in [0.15, 0.2) is 18.2 Å². The monoisotopic (exact) mass is 261 g/mol. The van der Waals surface area contributed by atoms with Crippen molar-refractivity contribution in [3.05, 3.63) is 29.3 Å². The summed E-state index contributed by atoms with van der Waals surface area (Å²) in [5.74, 6) is 0.287. The number of carbonyl (C=O) groups is 1. The molecule has 1 saturated carbocycles. The summed E-state index contributed by atoms with van der Waals surface area (Å²) in [5, 5.41) is 3.07. The predicted molar refractivity (Wildman–Crippen MR) is 77.3 cm³/mol. The average molecular weight is 261 g/mol. The Labute approximate surface area is 115 Å². The van der Waals surface area contributed by atoms with Gasteiger partial charge in [-0.15, -0.1) is 0 Å². The Bertz CT molecular complexity index is 448. The molecule has 0 heterocycles. The number of aryl methyl sites for hydroxylation is 1. The van der Waals surface area contributed by atoms with Crippen LogP contribution in [-0.4, -0.2) is 19.1 Å². The van der Waals surface area contributed by atoms with E-state index in [0.29, 0.717) is 6.10 Å². The summed E-state index contributed by atoms with van der Waals surface area (Å²) in [4.78, 5) is 12.3. The van der Waals surface area contributed by atoms with Gasteiger partial charge in [0.1, 0.15) is 0 Å². The molecule has 0 atom stereocenters. The lowest BCUT2D eigenvalue weighted by atomic mass is 9.86. The van der Waals surface area contributed by atoms with Crippen molar-refractivity contribution in [2.75, 3.05) is 12.4 Å². The van der Waals surface area contributed by atoms with Crippen LogP contribution in [0.3, 0.4) is 0 Å². The number of benzene rings is 1. The minimum Gasteiger partial charge on any atom is -0.381 e. The van der Waals surface area contributed by atoms with Gasteiger partial charge in [0.05, 0.1) is 6.10 Å². The molecule has 0 aromatic heterocycles. The van der Waals surface area contributed by atoms with Crippen LogP contribution in [0, 0.1) is 19.8 Å². The maximum Gasteiger partial charge on any atom is 0.227 e. The van der Waals surface area contributed by atoms with Crippen LogP contribution in [0.1, 0.15) is 36.8 Å². The van der Waals surface area contributed by atoms with Crippen molar-refractivity contribution < 1.29 is 9.53 Å². The summed E-state index contributed by atoms with van der Waals surface area (Å²) in [6.45, 7) is 4.11. The average Bonchev–Trinajstić information content (AvgIpc) is 2.44. The molecule has 1 fully saturated rings. The van der Waals surface area contributed by atoms with Crippen molar-refractivity contribution in [2.24, 2.45) is 5.92 Å². The van der Waals surface area contributed by atoms with Crippen molar-refractivity contribution >= 4 is 11.6 Å². The summed E-state index contributed by atoms with van der Waals surface area (Å²) >= 11 is 0. The van der Waals surface area contributed by atoms with Crippen molar-refractivity contribution in [3.63, 3.8) is 0 Å². The van der Waals surface area contributed by atoms with Crippen molar-refractivity contribution in [1.29, 1.82) is 0 Å². The number of methoxy groups -OCH3 is 1. The number of hydrogen-bond donors (Lipinski definition) is 1. The van der Waals surface area contributed by atoms with E-state index in [4.69, 9.17) is 4.74 Å². The van der Waals surface area contributed by atoms with Gasteiger partial charge in [-0.3, -0.25) is 4.79 Å². The van der Waals surface area contributed by atoms with Crippen LogP contribution in [0.25, 0.3) is 0 Å². The fourth-order valence-electron chi connectivity index (χ4n) is 2.68. The largest absolute Gasteiger partial charge is 0.381 e. The fourth-order valence-corrected chi connectivity index (χ4v) is 2.68. The number of nitrogens with one attached hydrogen (secondary N) is 1. The number of ether oxygens (including phenoxy) is 1. The molecule has 1 N–H and O–H groups in total. The van der Waals surface area contributed by atoms with Gasteiger partial charge < -0.3 is 10.1 Å². The molecule has 1 aliphatic carbocycles. The van der Waals surface area contributed by atoms with E-state index in [9.17, 15) is 4.79 Å². The van der Waals surface area contributed by atoms with Gasteiger partial charge in [-0.1, -0.05) is 12.1 Å². The lowest BCUT2D eigenvalue weighted by Gasteiger charge is -2.27. The van der Waals surface area contributed by atoms with Crippen LogP contribution in [0.2, 0.25) is 0 Å². The third-order valence-electron chi connectivity index (χ3n) is 4.24. The number of rotatable bonds is 3. The molecule has 1 aliphatic rings. The molecule has 0 saturated heterocycles. The summed E-state index contributed by atoms with van der Waals surface area (Å²) in [6.07, 6.45) is 4.16. The van der Waals surface area contributed by atoms with E-state index in [0.717, 1.165) is 36.9 Å². The smallest absolute Gasteiger partial charge is 0.227 e. The molecule has 104 valence electrons. The zero-order valence-electron chi connectivity index (χ0n) is 12.0. The first kappa shape index (κ1) is 14.1. The van der Waals surface area contributed by atoms with E-state index < -0.39 is 0 Å². The topological polar surface area (TPSA) is 38.3 Å². The minimum atomic E-state index is 0.131. The van der Waals surface area contributed by atoms with Gasteiger partial charge in [-0.05, 0) is 56.7 Å². The standard InChI is InChI=1S/C16H23NO2/c1-11-5-4-6-15(12(11)2)17-16(18)13-7-9-14(19-3)10-8-13/h4-6,13-14H,7-10H2,1-3H3,(H,17,18). The number of hydrogen-bond acceptors (Lipinski definition) is 2. The molecule has 0 radical (unpaired) electrons. The second-order valence-electron chi connectivity index (χ2n) is 5.45. The van der Waals surface area contributed by atoms with E-state index in [1.54, 1.807) is 7.11 Å². The van der Waals surface area contributed by atoms with Crippen LogP contribution in [0.5, 0.6) is 0 Å². The summed E-state index contributed by atoms with van der Waals surface area (Å²) in [6, 6.07) is 6.02. The van der Waals surface area contributed by atoms with Crippen molar-refractivity contribution in [2.45, 2.75) is 45.6 Å². The third-order valence-corrected chi connectivity index (χ3v) is 4.24. The molecule has 19 heavy (non-hydrogen) atoms. The lowest BCUT2D eigenvalue weighted by Crippen LogP contribution is -2.29. The molecule has 1 aromatic rings. The minimum absolute atomic E-state index is 0.131. The highest BCUT2D eigenvalue weighted by atomic mass is 16.5. The SMILES string of the molecule is COC1CCC(C(=O)Nc2cccc(C)c2C)CC1. The van der Waals surface area contributed by atoms with E-state index in [2.05, 4.69) is 18.3 Å². The second-order valence-corrected chi connectivity index (χ2v) is 5.45. The fraction of sp³-hybridized carbons (Fsp3) is 0.562. The normalized spacial score (nSPS) is 23.1. The summed E-state index contributed by atoms with van der Waals surface area (Å²) < 4.78 is 5.34. The van der Waals surface area contributed by atoms with E-state index >= 15 is 0 Å². The molecule has 3 heteroatoms. The van der Waals surface area contributed by atoms with Gasteiger partial charge in [0, 0.05) is 18.7 Å². The predicted octanol–water partition coefficient (Wildman–Crippen LogP) is 3.45. The lowest BCUT2D eigenvalue weighted by molar-refractivity contribution is -0.121. The zero-order valence-corrected chi connectivity index (χ0v) is 12.0. The van der Waals surface area contributed by atoms with E-state index in [1.165, 1.54) is 5.56 Å². The molecule has 0 unspecified atom stereocenters. The number of anilines is 1. The van der Waals surface area contributed by atoms with E-state index in [-0.39, 0.29) is 11.8 Å². The third kappa shape index (κ3) is 3.35. The summed E-state index contributed by atoms with van der Waals surface area (Å²) in [7, 11) is 1.75. The molecule has 0 bridgehead atoms. The first-order chi connectivity index (χ1) is 9.11. The Morgan fingerprint density at radius 3 is 2.53 bits per heavy atom. The van der Waals surface area contributed by atoms with Gasteiger partial charge in [-0.2, -0.15) is 0 Å². The Balaban J connectivity index is 1.96. The molecule has 1 amide bonds. The Kier molecular flexibility index (Phi) is 4.59. The first-order valence-electron chi connectivity index (χ1n) is 7.01. The van der Waals surface area contributed by atoms with Crippen molar-refractivity contribution in [3.8, 4) is 0 Å².